The van der Waals surface area contributed by atoms with Crippen LogP contribution in [0.2, 0.25) is 0 Å². The van der Waals surface area contributed by atoms with Gasteiger partial charge < -0.3 is 22.3 Å². The topological polar surface area (TPSA) is 72.5 Å². The van der Waals surface area contributed by atoms with Crippen LogP contribution >= 0.6 is 0 Å². The number of carbonyl (C=O) groups excluding carboxylic acids is 3. The molecule has 0 rings (SSSR count). The Morgan fingerprint density at radius 1 is 1.22 bits per heavy atom. The van der Waals surface area contributed by atoms with Crippen LogP contribution < -0.4 is 5.32 Å². The van der Waals surface area contributed by atoms with Gasteiger partial charge in [0.25, 0.3) is 0 Å². The fourth-order valence-corrected chi connectivity index (χ4v) is 0.727. The van der Waals surface area contributed by atoms with Crippen molar-refractivity contribution in [2.75, 3.05) is 13.2 Å². The first kappa shape index (κ1) is 26.0. The van der Waals surface area contributed by atoms with Gasteiger partial charge in [0.15, 0.2) is 0 Å². The molecule has 0 spiro atoms. The second-order valence-electron chi connectivity index (χ2n) is 2.64. The summed E-state index contributed by atoms with van der Waals surface area (Å²) in [5.74, 6) is -0.737. The number of esters is 1. The molecule has 0 aliphatic rings. The minimum Gasteiger partial charge on any atom is -0.540 e. The van der Waals surface area contributed by atoms with Crippen molar-refractivity contribution < 1.29 is 40.2 Å². The van der Waals surface area contributed by atoms with Crippen LogP contribution in [0.3, 0.4) is 0 Å². The third-order valence-corrected chi connectivity index (χ3v) is 1.38. The van der Waals surface area contributed by atoms with E-state index in [0.717, 1.165) is 6.42 Å². The third kappa shape index (κ3) is 20.7. The van der Waals surface area contributed by atoms with Gasteiger partial charge in [-0.1, -0.05) is 27.3 Å². The quantitative estimate of drug-likeness (QED) is 0.491. The molecule has 106 valence electrons. The average Bonchev–Trinajstić information content (AvgIpc) is 2.33. The molecule has 1 amide bonds. The van der Waals surface area contributed by atoms with Gasteiger partial charge in [0.05, 0.1) is 13.0 Å². The first-order valence-electron chi connectivity index (χ1n) is 5.48. The minimum atomic E-state index is -0.392. The molecule has 0 fully saturated rings. The van der Waals surface area contributed by atoms with E-state index in [-0.39, 0.29) is 53.8 Å². The van der Waals surface area contributed by atoms with Crippen molar-refractivity contribution in [1.29, 1.82) is 0 Å². The molecular weight excluding hydrogens is 406 g/mol. The van der Waals surface area contributed by atoms with Gasteiger partial charge >= 0.3 is 27.0 Å². The van der Waals surface area contributed by atoms with Gasteiger partial charge in [0.1, 0.15) is 0 Å². The van der Waals surface area contributed by atoms with Crippen molar-refractivity contribution in [2.45, 2.75) is 40.0 Å². The second-order valence-corrected chi connectivity index (χ2v) is 2.64. The van der Waals surface area contributed by atoms with E-state index in [1.807, 2.05) is 20.8 Å². The number of hydrogen-bond acceptors (Lipinski definition) is 4. The van der Waals surface area contributed by atoms with Gasteiger partial charge in [0, 0.05) is 6.42 Å². The largest absolute Gasteiger partial charge is 2.00 e. The van der Waals surface area contributed by atoms with Crippen molar-refractivity contribution in [3.8, 4) is 0 Å². The summed E-state index contributed by atoms with van der Waals surface area (Å²) in [7, 11) is 0. The van der Waals surface area contributed by atoms with Crippen molar-refractivity contribution in [2.24, 2.45) is 0 Å². The van der Waals surface area contributed by atoms with Gasteiger partial charge in [-0.2, -0.15) is 0 Å². The van der Waals surface area contributed by atoms with Crippen LogP contribution in [0, 0.1) is 7.43 Å². The summed E-state index contributed by atoms with van der Waals surface area (Å²) in [6.45, 7) is 6.13. The van der Waals surface area contributed by atoms with Gasteiger partial charge in [-0.3, -0.25) is 9.59 Å². The summed E-state index contributed by atoms with van der Waals surface area (Å²) >= 11 is 0. The van der Waals surface area contributed by atoms with Gasteiger partial charge in [-0.15, -0.1) is 0 Å². The van der Waals surface area contributed by atoms with E-state index in [4.69, 9.17) is 4.74 Å². The monoisotopic (exact) mass is 429 g/mol. The molecule has 0 aliphatic carbocycles. The van der Waals surface area contributed by atoms with E-state index in [0.29, 0.717) is 6.61 Å². The van der Waals surface area contributed by atoms with Crippen LogP contribution in [0.4, 0.5) is 0 Å². The van der Waals surface area contributed by atoms with Gasteiger partial charge in [-0.05, 0) is 6.42 Å². The van der Waals surface area contributed by atoms with E-state index >= 15 is 0 Å². The van der Waals surface area contributed by atoms with Crippen LogP contribution in [-0.2, 0) is 40.2 Å². The zero-order valence-corrected chi connectivity index (χ0v) is 14.5. The number of rotatable bonds is 7. The van der Waals surface area contributed by atoms with Crippen molar-refractivity contribution in [3.05, 3.63) is 7.43 Å². The molecule has 0 aromatic rings. The molecule has 0 aromatic heterocycles. The molecule has 5 nitrogen and oxygen atoms in total. The Labute approximate surface area is 124 Å². The second kappa shape index (κ2) is 21.6. The Morgan fingerprint density at radius 3 is 2.22 bits per heavy atom. The predicted octanol–water partition coefficient (Wildman–Crippen LogP) is 1.42. The van der Waals surface area contributed by atoms with Crippen molar-refractivity contribution in [3.63, 3.8) is 0 Å². The molecule has 18 heavy (non-hydrogen) atoms. The molecule has 0 bridgehead atoms. The number of carbonyl (C=O) groups is 2. The van der Waals surface area contributed by atoms with Crippen molar-refractivity contribution in [1.82, 2.24) is 5.32 Å². The van der Waals surface area contributed by atoms with Crippen LogP contribution in [0.15, 0.2) is 0 Å². The Kier molecular flexibility index (Phi) is 31.1. The summed E-state index contributed by atoms with van der Waals surface area (Å²) < 4.78 is 4.75. The molecule has 0 saturated carbocycles. The summed E-state index contributed by atoms with van der Waals surface area (Å²) in [5, 5.41) is 2.27. The molecule has 0 aliphatic heterocycles. The summed E-state index contributed by atoms with van der Waals surface area (Å²) in [4.78, 5) is 31.5. The normalized spacial score (nSPS) is 7.50. The summed E-state index contributed by atoms with van der Waals surface area (Å²) in [5.41, 5.74) is 0. The molecular formula is C12H23NO4W. The molecule has 0 heterocycles. The first-order valence-corrected chi connectivity index (χ1v) is 5.48. The molecule has 0 aromatic carbocycles. The van der Waals surface area contributed by atoms with Crippen LogP contribution in [0.1, 0.15) is 40.0 Å². The maximum absolute atomic E-state index is 10.9. The smallest absolute Gasteiger partial charge is 0.540 e. The maximum atomic E-state index is 10.9. The van der Waals surface area contributed by atoms with E-state index in [9.17, 15) is 14.4 Å². The van der Waals surface area contributed by atoms with Crippen LogP contribution in [-0.4, -0.2) is 31.3 Å². The van der Waals surface area contributed by atoms with E-state index in [1.54, 1.807) is 0 Å². The van der Waals surface area contributed by atoms with Crippen LogP contribution in [0.25, 0.3) is 0 Å². The Hall–Kier alpha value is -0.702. The van der Waals surface area contributed by atoms with Gasteiger partial charge in [0.2, 0.25) is 5.91 Å². The zero-order chi connectivity index (χ0) is 12.8. The van der Waals surface area contributed by atoms with Crippen LogP contribution in [0.5, 0.6) is 0 Å². The molecule has 0 saturated heterocycles. The van der Waals surface area contributed by atoms with E-state index in [1.165, 1.54) is 6.29 Å². The Balaban J connectivity index is -0.000000232. The predicted molar refractivity (Wildman–Crippen MR) is 66.9 cm³/mol. The SMILES string of the molecule is CC.CCCOC(=O)CCC(=O)NC[C-]=O.[CH3-].[W+2]. The fourth-order valence-electron chi connectivity index (χ4n) is 0.727. The third-order valence-electron chi connectivity index (χ3n) is 1.38. The van der Waals surface area contributed by atoms with E-state index in [2.05, 4.69) is 5.32 Å². The average molecular weight is 429 g/mol. The maximum Gasteiger partial charge on any atom is 2.00 e. The fraction of sp³-hybridized carbons (Fsp3) is 0.667. The first-order chi connectivity index (χ1) is 7.70. The Morgan fingerprint density at radius 2 is 1.78 bits per heavy atom. The van der Waals surface area contributed by atoms with E-state index < -0.39 is 5.97 Å². The number of hydrogen-bond donors (Lipinski definition) is 1. The standard InChI is InChI=1S/C9H14NO4.C2H6.CH3.W/c1-2-7-14-9(13)4-3-8(12)10-5-6-11;1-2;;/h2-5,7H2,1H3,(H,10,12);1-2H3;1H3;/q-1;;-1;+2. The minimum absolute atomic E-state index is 0. The number of amides is 1. The molecule has 6 heteroatoms. The molecule has 0 atom stereocenters. The van der Waals surface area contributed by atoms with Crippen molar-refractivity contribution >= 4 is 18.2 Å². The molecule has 0 unspecified atom stereocenters. The summed E-state index contributed by atoms with van der Waals surface area (Å²) in [6, 6.07) is 0. The summed E-state index contributed by atoms with van der Waals surface area (Å²) in [6.07, 6.45) is 2.38. The number of ether oxygens (including phenoxy) is 1. The Bertz CT molecular complexity index is 210. The zero-order valence-electron chi connectivity index (χ0n) is 11.6. The van der Waals surface area contributed by atoms with Gasteiger partial charge in [-0.25, -0.2) is 6.29 Å². The number of nitrogens with one attached hydrogen (secondary N) is 1. The molecule has 0 radical (unpaired) electrons. The molecule has 1 N–H and O–H groups in total.